The van der Waals surface area contributed by atoms with Gasteiger partial charge in [-0.1, -0.05) is 24.3 Å². The standard InChI is InChI=1S/C22H33N5O2/c1-2-23-22(26-19-7-3-4-8-19)24-17-18-6-5-9-20(16-18)25-21(28)10-11-27-12-14-29-15-13-27/h3-6,9,16,19H,2,7-8,10-15,17H2,1H3,(H,25,28)(H2,23,24,26). The number of carbonyl (C=O) groups excluding carboxylic acids is 1. The quantitative estimate of drug-likeness (QED) is 0.355. The number of rotatable bonds is 8. The molecule has 1 aromatic carbocycles. The first-order valence-corrected chi connectivity index (χ1v) is 10.6. The van der Waals surface area contributed by atoms with Crippen molar-refractivity contribution in [3.8, 4) is 0 Å². The van der Waals surface area contributed by atoms with Crippen molar-refractivity contribution in [3.05, 3.63) is 42.0 Å². The highest BCUT2D eigenvalue weighted by atomic mass is 16.5. The van der Waals surface area contributed by atoms with E-state index in [2.05, 4.69) is 39.9 Å². The molecule has 7 nitrogen and oxygen atoms in total. The fourth-order valence-corrected chi connectivity index (χ4v) is 3.47. The Bertz CT molecular complexity index is 705. The predicted octanol–water partition coefficient (Wildman–Crippen LogP) is 2.12. The maximum atomic E-state index is 12.3. The van der Waals surface area contributed by atoms with Crippen LogP contribution in [0.4, 0.5) is 5.69 Å². The summed E-state index contributed by atoms with van der Waals surface area (Å²) in [5.41, 5.74) is 1.89. The smallest absolute Gasteiger partial charge is 0.225 e. The van der Waals surface area contributed by atoms with Crippen molar-refractivity contribution < 1.29 is 9.53 Å². The summed E-state index contributed by atoms with van der Waals surface area (Å²) in [6.07, 6.45) is 6.97. The summed E-state index contributed by atoms with van der Waals surface area (Å²) in [5, 5.41) is 9.79. The van der Waals surface area contributed by atoms with Gasteiger partial charge < -0.3 is 20.7 Å². The maximum Gasteiger partial charge on any atom is 0.225 e. The maximum absolute atomic E-state index is 12.3. The van der Waals surface area contributed by atoms with Gasteiger partial charge >= 0.3 is 0 Å². The van der Waals surface area contributed by atoms with E-state index >= 15 is 0 Å². The first-order valence-electron chi connectivity index (χ1n) is 10.6. The second kappa shape index (κ2) is 11.6. The molecular weight excluding hydrogens is 366 g/mol. The van der Waals surface area contributed by atoms with Crippen LogP contribution in [0.25, 0.3) is 0 Å². The van der Waals surface area contributed by atoms with Crippen LogP contribution in [0.5, 0.6) is 0 Å². The van der Waals surface area contributed by atoms with Crippen LogP contribution in [0.2, 0.25) is 0 Å². The summed E-state index contributed by atoms with van der Waals surface area (Å²) in [6, 6.07) is 8.34. The molecule has 1 aliphatic carbocycles. The molecule has 2 aliphatic rings. The molecule has 0 saturated carbocycles. The van der Waals surface area contributed by atoms with Gasteiger partial charge in [-0.2, -0.15) is 0 Å². The van der Waals surface area contributed by atoms with Crippen LogP contribution in [0.3, 0.4) is 0 Å². The summed E-state index contributed by atoms with van der Waals surface area (Å²) in [5.74, 6) is 0.877. The Balaban J connectivity index is 1.48. The van der Waals surface area contributed by atoms with Crippen molar-refractivity contribution in [2.75, 3.05) is 44.7 Å². The molecule has 0 spiro atoms. The van der Waals surface area contributed by atoms with E-state index in [0.717, 1.165) is 69.4 Å². The number of aliphatic imine (C=N–C) groups is 1. The van der Waals surface area contributed by atoms with Gasteiger partial charge in [0.1, 0.15) is 0 Å². The second-order valence-electron chi connectivity index (χ2n) is 7.43. The highest BCUT2D eigenvalue weighted by Gasteiger charge is 2.13. The molecule has 0 bridgehead atoms. The van der Waals surface area contributed by atoms with Crippen molar-refractivity contribution in [3.63, 3.8) is 0 Å². The Kier molecular flexibility index (Phi) is 8.52. The number of nitrogens with zero attached hydrogens (tertiary/aromatic N) is 2. The van der Waals surface area contributed by atoms with Gasteiger partial charge in [0.25, 0.3) is 0 Å². The molecule has 3 N–H and O–H groups in total. The molecule has 0 atom stereocenters. The summed E-state index contributed by atoms with van der Waals surface area (Å²) in [6.45, 7) is 7.54. The summed E-state index contributed by atoms with van der Waals surface area (Å²) in [7, 11) is 0. The minimum Gasteiger partial charge on any atom is -0.379 e. The van der Waals surface area contributed by atoms with E-state index in [4.69, 9.17) is 9.73 Å². The van der Waals surface area contributed by atoms with Gasteiger partial charge in [0.05, 0.1) is 19.8 Å². The summed E-state index contributed by atoms with van der Waals surface area (Å²) >= 11 is 0. The topological polar surface area (TPSA) is 78.0 Å². The van der Waals surface area contributed by atoms with Crippen molar-refractivity contribution in [2.24, 2.45) is 4.99 Å². The average Bonchev–Trinajstić information content (AvgIpc) is 3.25. The average molecular weight is 400 g/mol. The molecule has 1 aliphatic heterocycles. The summed E-state index contributed by atoms with van der Waals surface area (Å²) < 4.78 is 5.34. The number of nitrogens with one attached hydrogen (secondary N) is 3. The largest absolute Gasteiger partial charge is 0.379 e. The van der Waals surface area contributed by atoms with E-state index in [1.54, 1.807) is 0 Å². The van der Waals surface area contributed by atoms with Crippen LogP contribution in [0.15, 0.2) is 41.4 Å². The molecule has 29 heavy (non-hydrogen) atoms. The highest BCUT2D eigenvalue weighted by Crippen LogP contribution is 2.13. The SMILES string of the molecule is CCNC(=NCc1cccc(NC(=O)CCN2CCOCC2)c1)NC1CC=CC1. The first kappa shape index (κ1) is 21.3. The Labute approximate surface area is 173 Å². The number of morpholine rings is 1. The number of hydrogen-bond acceptors (Lipinski definition) is 4. The van der Waals surface area contributed by atoms with Crippen LogP contribution < -0.4 is 16.0 Å². The van der Waals surface area contributed by atoms with E-state index in [-0.39, 0.29) is 5.91 Å². The zero-order valence-corrected chi connectivity index (χ0v) is 17.3. The molecule has 0 unspecified atom stereocenters. The van der Waals surface area contributed by atoms with Crippen LogP contribution >= 0.6 is 0 Å². The molecule has 3 rings (SSSR count). The van der Waals surface area contributed by atoms with Gasteiger partial charge in [0.2, 0.25) is 5.91 Å². The Morgan fingerprint density at radius 2 is 2.03 bits per heavy atom. The van der Waals surface area contributed by atoms with Crippen LogP contribution in [-0.2, 0) is 16.1 Å². The summed E-state index contributed by atoms with van der Waals surface area (Å²) in [4.78, 5) is 19.3. The minimum absolute atomic E-state index is 0.0425. The predicted molar refractivity (Wildman–Crippen MR) is 117 cm³/mol. The number of carbonyl (C=O) groups is 1. The number of ether oxygens (including phenoxy) is 1. The number of benzene rings is 1. The molecule has 158 valence electrons. The van der Waals surface area contributed by atoms with E-state index in [1.165, 1.54) is 0 Å². The van der Waals surface area contributed by atoms with Gasteiger partial charge in [-0.15, -0.1) is 0 Å². The lowest BCUT2D eigenvalue weighted by Gasteiger charge is -2.26. The molecule has 0 aromatic heterocycles. The third-order valence-electron chi connectivity index (χ3n) is 5.08. The second-order valence-corrected chi connectivity index (χ2v) is 7.43. The van der Waals surface area contributed by atoms with Gasteiger partial charge in [-0.05, 0) is 37.5 Å². The molecule has 1 saturated heterocycles. The number of anilines is 1. The third kappa shape index (κ3) is 7.51. The normalized spacial score (nSPS) is 18.0. The van der Waals surface area contributed by atoms with E-state index < -0.39 is 0 Å². The zero-order chi connectivity index (χ0) is 20.3. The number of hydrogen-bond donors (Lipinski definition) is 3. The van der Waals surface area contributed by atoms with E-state index in [0.29, 0.717) is 19.0 Å². The van der Waals surface area contributed by atoms with Crippen molar-refractivity contribution in [2.45, 2.75) is 38.8 Å². The highest BCUT2D eigenvalue weighted by molar-refractivity contribution is 5.90. The van der Waals surface area contributed by atoms with Gasteiger partial charge in [-0.25, -0.2) is 4.99 Å². The molecule has 1 amide bonds. The van der Waals surface area contributed by atoms with Gasteiger partial charge in [-0.3, -0.25) is 9.69 Å². The number of guanidine groups is 1. The van der Waals surface area contributed by atoms with Gasteiger partial charge in [0.15, 0.2) is 5.96 Å². The Morgan fingerprint density at radius 3 is 2.79 bits per heavy atom. The van der Waals surface area contributed by atoms with Gasteiger partial charge in [0, 0.05) is 44.3 Å². The van der Waals surface area contributed by atoms with E-state index in [1.807, 2.05) is 24.3 Å². The Morgan fingerprint density at radius 1 is 1.24 bits per heavy atom. The lowest BCUT2D eigenvalue weighted by molar-refractivity contribution is -0.116. The molecule has 1 aromatic rings. The number of amides is 1. The molecule has 1 heterocycles. The Hall–Kier alpha value is -2.38. The minimum atomic E-state index is 0.0425. The van der Waals surface area contributed by atoms with Crippen LogP contribution in [0.1, 0.15) is 31.7 Å². The fraction of sp³-hybridized carbons (Fsp3) is 0.545. The lowest BCUT2D eigenvalue weighted by atomic mass is 10.2. The monoisotopic (exact) mass is 399 g/mol. The van der Waals surface area contributed by atoms with Crippen molar-refractivity contribution in [1.82, 2.24) is 15.5 Å². The first-order chi connectivity index (χ1) is 14.2. The fourth-order valence-electron chi connectivity index (χ4n) is 3.47. The lowest BCUT2D eigenvalue weighted by Crippen LogP contribution is -2.42. The third-order valence-corrected chi connectivity index (χ3v) is 5.08. The zero-order valence-electron chi connectivity index (χ0n) is 17.3. The van der Waals surface area contributed by atoms with Crippen LogP contribution in [0, 0.1) is 0 Å². The molecule has 1 fully saturated rings. The van der Waals surface area contributed by atoms with Crippen molar-refractivity contribution >= 4 is 17.6 Å². The van der Waals surface area contributed by atoms with Crippen LogP contribution in [-0.4, -0.2) is 62.2 Å². The molecule has 7 heteroatoms. The molecule has 0 radical (unpaired) electrons. The van der Waals surface area contributed by atoms with Crippen molar-refractivity contribution in [1.29, 1.82) is 0 Å². The van der Waals surface area contributed by atoms with E-state index in [9.17, 15) is 4.79 Å². The molecular formula is C22H33N5O2.